The van der Waals surface area contributed by atoms with Gasteiger partial charge in [0.2, 0.25) is 0 Å². The molecule has 0 spiro atoms. The molecule has 0 atom stereocenters. The number of halogens is 1. The molecule has 0 unspecified atom stereocenters. The molecule has 8 heteroatoms. The second-order valence-electron chi connectivity index (χ2n) is 3.84. The molecule has 1 aromatic carbocycles. The van der Waals surface area contributed by atoms with Crippen LogP contribution in [0.4, 0.5) is 5.69 Å². The van der Waals surface area contributed by atoms with Crippen LogP contribution in [-0.2, 0) is 0 Å². The number of nitrogens with one attached hydrogen (secondary N) is 1. The minimum absolute atomic E-state index is 0.116. The number of hydrogen-bond donors (Lipinski definition) is 1. The van der Waals surface area contributed by atoms with Crippen molar-refractivity contribution < 1.29 is 9.72 Å². The number of hydrazone groups is 1. The Bertz CT molecular complexity index is 704. The van der Waals surface area contributed by atoms with Crippen LogP contribution in [0.1, 0.15) is 16.1 Å². The fourth-order valence-electron chi connectivity index (χ4n) is 1.52. The lowest BCUT2D eigenvalue weighted by Gasteiger charge is -2.00. The Morgan fingerprint density at radius 1 is 1.33 bits per heavy atom. The predicted octanol–water partition coefficient (Wildman–Crippen LogP) is 2.41. The van der Waals surface area contributed by atoms with E-state index >= 15 is 0 Å². The van der Waals surface area contributed by atoms with E-state index in [0.29, 0.717) is 0 Å². The summed E-state index contributed by atoms with van der Waals surface area (Å²) in [6.07, 6.45) is 2.60. The SMILES string of the molecule is O=C(N/N=C/c1c(Cl)cccc1[N+](=O)[O-])c1ccccn1. The molecule has 106 valence electrons. The van der Waals surface area contributed by atoms with Crippen LogP contribution in [0.25, 0.3) is 0 Å². The molecule has 1 amide bonds. The molecule has 0 aliphatic heterocycles. The number of pyridine rings is 1. The van der Waals surface area contributed by atoms with Crippen molar-refractivity contribution in [3.05, 3.63) is 69.0 Å². The Balaban J connectivity index is 2.16. The van der Waals surface area contributed by atoms with Gasteiger partial charge >= 0.3 is 0 Å². The Hall–Kier alpha value is -2.80. The van der Waals surface area contributed by atoms with Gasteiger partial charge in [0.05, 0.1) is 21.7 Å². The van der Waals surface area contributed by atoms with Gasteiger partial charge in [0.15, 0.2) is 0 Å². The molecule has 2 aromatic rings. The molecule has 1 heterocycles. The summed E-state index contributed by atoms with van der Waals surface area (Å²) in [7, 11) is 0. The van der Waals surface area contributed by atoms with Gasteiger partial charge in [-0.25, -0.2) is 5.43 Å². The smallest absolute Gasteiger partial charge is 0.266 e. The Kier molecular flexibility index (Phi) is 4.57. The number of aromatic nitrogens is 1. The van der Waals surface area contributed by atoms with E-state index in [4.69, 9.17) is 11.6 Å². The van der Waals surface area contributed by atoms with Gasteiger partial charge in [0.1, 0.15) is 5.69 Å². The largest absolute Gasteiger partial charge is 0.289 e. The van der Waals surface area contributed by atoms with Gasteiger partial charge in [-0.1, -0.05) is 23.7 Å². The molecule has 1 N–H and O–H groups in total. The molecule has 0 bridgehead atoms. The minimum atomic E-state index is -0.576. The zero-order valence-corrected chi connectivity index (χ0v) is 11.3. The molecular weight excluding hydrogens is 296 g/mol. The third-order valence-electron chi connectivity index (χ3n) is 2.48. The molecule has 21 heavy (non-hydrogen) atoms. The van der Waals surface area contributed by atoms with Crippen molar-refractivity contribution in [2.24, 2.45) is 5.10 Å². The maximum atomic E-state index is 11.7. The molecule has 1 aromatic heterocycles. The molecular formula is C13H9ClN4O3. The van der Waals surface area contributed by atoms with Gasteiger partial charge in [0.25, 0.3) is 11.6 Å². The monoisotopic (exact) mass is 304 g/mol. The van der Waals surface area contributed by atoms with E-state index in [2.05, 4.69) is 15.5 Å². The van der Waals surface area contributed by atoms with Gasteiger partial charge < -0.3 is 0 Å². The standard InChI is InChI=1S/C13H9ClN4O3/c14-10-4-3-6-12(18(20)21)9(10)8-16-17-13(19)11-5-1-2-7-15-11/h1-8H,(H,17,19)/b16-8+. The summed E-state index contributed by atoms with van der Waals surface area (Å²) in [5.41, 5.74) is 2.33. The highest BCUT2D eigenvalue weighted by atomic mass is 35.5. The van der Waals surface area contributed by atoms with E-state index in [1.807, 2.05) is 0 Å². The summed E-state index contributed by atoms with van der Waals surface area (Å²) in [6, 6.07) is 9.11. The van der Waals surface area contributed by atoms with Crippen LogP contribution in [0.5, 0.6) is 0 Å². The Labute approximate surface area is 124 Å². The number of carbonyl (C=O) groups excluding carboxylic acids is 1. The number of nitrogens with zero attached hydrogens (tertiary/aromatic N) is 3. The average Bonchev–Trinajstić information content (AvgIpc) is 2.49. The van der Waals surface area contributed by atoms with Crippen LogP contribution in [0.15, 0.2) is 47.7 Å². The molecule has 0 saturated heterocycles. The molecule has 2 rings (SSSR count). The number of nitro benzene ring substituents is 1. The fourth-order valence-corrected chi connectivity index (χ4v) is 1.74. The number of rotatable bonds is 4. The van der Waals surface area contributed by atoms with E-state index in [9.17, 15) is 14.9 Å². The van der Waals surface area contributed by atoms with Crippen LogP contribution in [0.2, 0.25) is 5.02 Å². The van der Waals surface area contributed by atoms with Crippen molar-refractivity contribution in [3.63, 3.8) is 0 Å². The third-order valence-corrected chi connectivity index (χ3v) is 2.81. The summed E-state index contributed by atoms with van der Waals surface area (Å²) < 4.78 is 0. The quantitative estimate of drug-likeness (QED) is 0.533. The third kappa shape index (κ3) is 3.61. The van der Waals surface area contributed by atoms with Crippen molar-refractivity contribution in [1.82, 2.24) is 10.4 Å². The summed E-state index contributed by atoms with van der Waals surface area (Å²) in [4.78, 5) is 25.8. The van der Waals surface area contributed by atoms with Gasteiger partial charge in [0, 0.05) is 12.3 Å². The lowest BCUT2D eigenvalue weighted by Crippen LogP contribution is -2.18. The number of amides is 1. The topological polar surface area (TPSA) is 97.5 Å². The molecule has 7 nitrogen and oxygen atoms in total. The number of benzene rings is 1. The van der Waals surface area contributed by atoms with Crippen LogP contribution in [0, 0.1) is 10.1 Å². The maximum Gasteiger partial charge on any atom is 0.289 e. The first kappa shape index (κ1) is 14.6. The minimum Gasteiger partial charge on any atom is -0.266 e. The average molecular weight is 305 g/mol. The number of carbonyl (C=O) groups is 1. The van der Waals surface area contributed by atoms with E-state index in [0.717, 1.165) is 6.21 Å². The van der Waals surface area contributed by atoms with Crippen molar-refractivity contribution >= 4 is 29.4 Å². The highest BCUT2D eigenvalue weighted by molar-refractivity contribution is 6.33. The van der Waals surface area contributed by atoms with Gasteiger partial charge in [-0.2, -0.15) is 5.10 Å². The molecule has 0 aliphatic rings. The highest BCUT2D eigenvalue weighted by Crippen LogP contribution is 2.24. The zero-order chi connectivity index (χ0) is 15.2. The molecule has 0 aliphatic carbocycles. The summed E-state index contributed by atoms with van der Waals surface area (Å²) >= 11 is 5.89. The van der Waals surface area contributed by atoms with E-state index in [1.54, 1.807) is 12.1 Å². The molecule has 0 saturated carbocycles. The van der Waals surface area contributed by atoms with Crippen LogP contribution in [-0.4, -0.2) is 22.0 Å². The van der Waals surface area contributed by atoms with Crippen molar-refractivity contribution in [1.29, 1.82) is 0 Å². The maximum absolute atomic E-state index is 11.7. The van der Waals surface area contributed by atoms with Gasteiger partial charge in [-0.05, 0) is 18.2 Å². The van der Waals surface area contributed by atoms with Crippen LogP contribution >= 0.6 is 11.6 Å². The van der Waals surface area contributed by atoms with Crippen LogP contribution < -0.4 is 5.43 Å². The van der Waals surface area contributed by atoms with Crippen molar-refractivity contribution in [2.45, 2.75) is 0 Å². The number of hydrogen-bond acceptors (Lipinski definition) is 5. The Morgan fingerprint density at radius 2 is 2.14 bits per heavy atom. The van der Waals surface area contributed by atoms with E-state index < -0.39 is 10.8 Å². The van der Waals surface area contributed by atoms with E-state index in [1.165, 1.54) is 30.5 Å². The first-order valence-corrected chi connectivity index (χ1v) is 6.14. The van der Waals surface area contributed by atoms with Crippen LogP contribution in [0.3, 0.4) is 0 Å². The lowest BCUT2D eigenvalue weighted by atomic mass is 10.2. The zero-order valence-electron chi connectivity index (χ0n) is 10.6. The van der Waals surface area contributed by atoms with E-state index in [-0.39, 0.29) is 22.0 Å². The fraction of sp³-hybridized carbons (Fsp3) is 0. The van der Waals surface area contributed by atoms with Gasteiger partial charge in [-0.3, -0.25) is 19.9 Å². The molecule has 0 radical (unpaired) electrons. The second-order valence-corrected chi connectivity index (χ2v) is 4.25. The highest BCUT2D eigenvalue weighted by Gasteiger charge is 2.14. The summed E-state index contributed by atoms with van der Waals surface area (Å²) in [5.74, 6) is -0.526. The van der Waals surface area contributed by atoms with Crippen molar-refractivity contribution in [2.75, 3.05) is 0 Å². The molecule has 0 fully saturated rings. The normalized spacial score (nSPS) is 10.5. The summed E-state index contributed by atoms with van der Waals surface area (Å²) in [6.45, 7) is 0. The Morgan fingerprint density at radius 3 is 2.81 bits per heavy atom. The van der Waals surface area contributed by atoms with Gasteiger partial charge in [-0.15, -0.1) is 0 Å². The first-order chi connectivity index (χ1) is 10.1. The second kappa shape index (κ2) is 6.58. The van der Waals surface area contributed by atoms with Crippen molar-refractivity contribution in [3.8, 4) is 0 Å². The lowest BCUT2D eigenvalue weighted by molar-refractivity contribution is -0.385. The number of nitro groups is 1. The first-order valence-electron chi connectivity index (χ1n) is 5.77. The summed E-state index contributed by atoms with van der Waals surface area (Å²) in [5, 5.41) is 14.7. The predicted molar refractivity (Wildman–Crippen MR) is 77.4 cm³/mol.